The summed E-state index contributed by atoms with van der Waals surface area (Å²) < 4.78 is 0. The van der Waals surface area contributed by atoms with Crippen molar-refractivity contribution in [3.63, 3.8) is 0 Å². The van der Waals surface area contributed by atoms with Crippen molar-refractivity contribution in [3.8, 4) is 11.5 Å². The minimum Gasteiger partial charge on any atom is -0.370 e. The first-order chi connectivity index (χ1) is 9.67. The molecule has 104 valence electrons. The van der Waals surface area contributed by atoms with Crippen LogP contribution < -0.4 is 5.32 Å². The summed E-state index contributed by atoms with van der Waals surface area (Å²) in [6.45, 7) is 2.84. The van der Waals surface area contributed by atoms with Crippen LogP contribution >= 0.6 is 23.2 Å². The van der Waals surface area contributed by atoms with Crippen LogP contribution in [0.5, 0.6) is 0 Å². The molecule has 1 N–H and O–H groups in total. The molecule has 0 radical (unpaired) electrons. The zero-order valence-electron chi connectivity index (χ0n) is 11.0. The minimum atomic E-state index is 0.466. The fourth-order valence-corrected chi connectivity index (χ4v) is 2.48. The van der Waals surface area contributed by atoms with Gasteiger partial charge in [-0.1, -0.05) is 23.2 Å². The molecule has 2 aromatic heterocycles. The summed E-state index contributed by atoms with van der Waals surface area (Å²) in [6.07, 6.45) is 3.93. The topological polar surface area (TPSA) is 50.7 Å². The molecule has 1 saturated carbocycles. The Bertz CT molecular complexity index is 641. The molecule has 1 aliphatic rings. The number of aromatic nitrogens is 3. The standard InChI is InChI=1S/C14H14Cl2N4/c1-2-17-12-6-11(8-3-4-8)19-14(20-12)13-10(16)5-9(15)7-18-13/h5-8H,2-4H2,1H3,(H,17,19,20). The average molecular weight is 309 g/mol. The SMILES string of the molecule is CCNc1cc(C2CC2)nc(-c2ncc(Cl)cc2Cl)n1. The summed E-state index contributed by atoms with van der Waals surface area (Å²) in [5, 5.41) is 4.19. The molecule has 0 spiro atoms. The molecule has 0 aliphatic heterocycles. The third-order valence-corrected chi connectivity index (χ3v) is 3.61. The third-order valence-electron chi connectivity index (χ3n) is 3.12. The van der Waals surface area contributed by atoms with E-state index in [1.54, 1.807) is 12.3 Å². The van der Waals surface area contributed by atoms with Crippen LogP contribution in [0.4, 0.5) is 5.82 Å². The van der Waals surface area contributed by atoms with Gasteiger partial charge < -0.3 is 5.32 Å². The van der Waals surface area contributed by atoms with E-state index in [1.807, 2.05) is 13.0 Å². The lowest BCUT2D eigenvalue weighted by Gasteiger charge is -2.09. The van der Waals surface area contributed by atoms with Crippen LogP contribution in [0.25, 0.3) is 11.5 Å². The zero-order chi connectivity index (χ0) is 14.1. The smallest absolute Gasteiger partial charge is 0.181 e. The molecule has 0 bridgehead atoms. The lowest BCUT2D eigenvalue weighted by Crippen LogP contribution is -2.04. The van der Waals surface area contributed by atoms with Gasteiger partial charge in [-0.15, -0.1) is 0 Å². The lowest BCUT2D eigenvalue weighted by atomic mass is 10.2. The molecule has 1 aliphatic carbocycles. The van der Waals surface area contributed by atoms with Crippen molar-refractivity contribution in [1.29, 1.82) is 0 Å². The van der Waals surface area contributed by atoms with Crippen molar-refractivity contribution in [2.75, 3.05) is 11.9 Å². The Morgan fingerprint density at radius 3 is 2.70 bits per heavy atom. The first-order valence-corrected chi connectivity index (χ1v) is 7.37. The van der Waals surface area contributed by atoms with Crippen LogP contribution in [-0.4, -0.2) is 21.5 Å². The van der Waals surface area contributed by atoms with Gasteiger partial charge in [0.2, 0.25) is 0 Å². The van der Waals surface area contributed by atoms with E-state index >= 15 is 0 Å². The number of hydrogen-bond donors (Lipinski definition) is 1. The Morgan fingerprint density at radius 2 is 2.05 bits per heavy atom. The summed E-state index contributed by atoms with van der Waals surface area (Å²) >= 11 is 12.1. The molecule has 2 aromatic rings. The van der Waals surface area contributed by atoms with Crippen LogP contribution in [0, 0.1) is 0 Å². The summed E-state index contributed by atoms with van der Waals surface area (Å²) in [6, 6.07) is 3.67. The molecule has 0 aromatic carbocycles. The normalized spacial score (nSPS) is 14.3. The van der Waals surface area contributed by atoms with Gasteiger partial charge in [-0.25, -0.2) is 15.0 Å². The maximum absolute atomic E-state index is 6.19. The highest BCUT2D eigenvalue weighted by Crippen LogP contribution is 2.40. The Morgan fingerprint density at radius 1 is 1.25 bits per heavy atom. The van der Waals surface area contributed by atoms with Gasteiger partial charge in [0.15, 0.2) is 5.82 Å². The second kappa shape index (κ2) is 5.54. The van der Waals surface area contributed by atoms with E-state index in [-0.39, 0.29) is 0 Å². The average Bonchev–Trinajstić information content (AvgIpc) is 3.23. The highest BCUT2D eigenvalue weighted by atomic mass is 35.5. The molecule has 6 heteroatoms. The van der Waals surface area contributed by atoms with Gasteiger partial charge in [0, 0.05) is 30.4 Å². The minimum absolute atomic E-state index is 0.466. The fraction of sp³-hybridized carbons (Fsp3) is 0.357. The second-order valence-electron chi connectivity index (χ2n) is 4.79. The first-order valence-electron chi connectivity index (χ1n) is 6.61. The number of nitrogens with one attached hydrogen (secondary N) is 1. The number of rotatable bonds is 4. The number of anilines is 1. The molecule has 0 unspecified atom stereocenters. The summed E-state index contributed by atoms with van der Waals surface area (Å²) in [5.74, 6) is 1.90. The van der Waals surface area contributed by atoms with Crippen molar-refractivity contribution < 1.29 is 0 Å². The summed E-state index contributed by atoms with van der Waals surface area (Å²) in [5.41, 5.74) is 1.62. The number of pyridine rings is 1. The van der Waals surface area contributed by atoms with Crippen molar-refractivity contribution in [2.45, 2.75) is 25.7 Å². The molecule has 0 saturated heterocycles. The molecular formula is C14H14Cl2N4. The van der Waals surface area contributed by atoms with E-state index in [2.05, 4.69) is 20.3 Å². The van der Waals surface area contributed by atoms with Gasteiger partial charge in [0.25, 0.3) is 0 Å². The van der Waals surface area contributed by atoms with Crippen LogP contribution in [0.15, 0.2) is 18.3 Å². The highest BCUT2D eigenvalue weighted by Gasteiger charge is 2.26. The molecule has 4 nitrogen and oxygen atoms in total. The number of halogens is 2. The van der Waals surface area contributed by atoms with E-state index in [1.165, 1.54) is 12.8 Å². The van der Waals surface area contributed by atoms with E-state index in [0.29, 0.717) is 27.5 Å². The van der Waals surface area contributed by atoms with Gasteiger partial charge >= 0.3 is 0 Å². The molecule has 20 heavy (non-hydrogen) atoms. The predicted octanol–water partition coefficient (Wildman–Crippen LogP) is 4.15. The number of hydrogen-bond acceptors (Lipinski definition) is 4. The quantitative estimate of drug-likeness (QED) is 0.921. The monoisotopic (exact) mass is 308 g/mol. The van der Waals surface area contributed by atoms with Gasteiger partial charge in [-0.3, -0.25) is 0 Å². The maximum atomic E-state index is 6.19. The first kappa shape index (κ1) is 13.6. The Kier molecular flexibility index (Phi) is 3.76. The zero-order valence-corrected chi connectivity index (χ0v) is 12.5. The van der Waals surface area contributed by atoms with E-state index in [4.69, 9.17) is 23.2 Å². The molecule has 0 amide bonds. The molecule has 1 fully saturated rings. The van der Waals surface area contributed by atoms with Gasteiger partial charge in [-0.2, -0.15) is 0 Å². The Labute approximate surface area is 127 Å². The van der Waals surface area contributed by atoms with Crippen molar-refractivity contribution >= 4 is 29.0 Å². The summed E-state index contributed by atoms with van der Waals surface area (Å²) in [7, 11) is 0. The lowest BCUT2D eigenvalue weighted by molar-refractivity contribution is 0.982. The second-order valence-corrected chi connectivity index (χ2v) is 5.63. The Balaban J connectivity index is 2.06. The third kappa shape index (κ3) is 2.86. The van der Waals surface area contributed by atoms with Crippen LogP contribution in [0.3, 0.4) is 0 Å². The Hall–Kier alpha value is -1.39. The number of nitrogens with zero attached hydrogens (tertiary/aromatic N) is 3. The van der Waals surface area contributed by atoms with Crippen molar-refractivity contribution in [1.82, 2.24) is 15.0 Å². The predicted molar refractivity (Wildman–Crippen MR) is 81.4 cm³/mol. The molecule has 3 rings (SSSR count). The van der Waals surface area contributed by atoms with Crippen molar-refractivity contribution in [2.24, 2.45) is 0 Å². The van der Waals surface area contributed by atoms with E-state index in [9.17, 15) is 0 Å². The van der Waals surface area contributed by atoms with E-state index < -0.39 is 0 Å². The van der Waals surface area contributed by atoms with Crippen LogP contribution in [-0.2, 0) is 0 Å². The maximum Gasteiger partial charge on any atom is 0.181 e. The fourth-order valence-electron chi connectivity index (χ4n) is 2.01. The molecule has 2 heterocycles. The molecular weight excluding hydrogens is 295 g/mol. The molecule has 0 atom stereocenters. The van der Waals surface area contributed by atoms with Crippen molar-refractivity contribution in [3.05, 3.63) is 34.1 Å². The summed E-state index contributed by atoms with van der Waals surface area (Å²) in [4.78, 5) is 13.3. The van der Waals surface area contributed by atoms with Gasteiger partial charge in [0.1, 0.15) is 11.5 Å². The highest BCUT2D eigenvalue weighted by molar-refractivity contribution is 6.35. The van der Waals surface area contributed by atoms with Crippen LogP contribution in [0.1, 0.15) is 31.4 Å². The van der Waals surface area contributed by atoms with Gasteiger partial charge in [-0.05, 0) is 25.8 Å². The van der Waals surface area contributed by atoms with E-state index in [0.717, 1.165) is 18.1 Å². The largest absolute Gasteiger partial charge is 0.370 e. The van der Waals surface area contributed by atoms with Gasteiger partial charge in [0.05, 0.1) is 10.0 Å². The van der Waals surface area contributed by atoms with Crippen LogP contribution in [0.2, 0.25) is 10.0 Å².